The van der Waals surface area contributed by atoms with Crippen LogP contribution in [0.3, 0.4) is 0 Å². The second-order valence-electron chi connectivity index (χ2n) is 22.4. The summed E-state index contributed by atoms with van der Waals surface area (Å²) in [6.07, 6.45) is 30.6. The zero-order chi connectivity index (χ0) is 61.9. The van der Waals surface area contributed by atoms with Crippen molar-refractivity contribution in [3.63, 3.8) is 0 Å². The van der Waals surface area contributed by atoms with Crippen LogP contribution in [0, 0.1) is 18.8 Å². The zero-order valence-corrected chi connectivity index (χ0v) is 52.5. The lowest BCUT2D eigenvalue weighted by molar-refractivity contribution is -0.139. The molecule has 468 valence electrons. The maximum Gasteiger partial charge on any atom is 0.411 e. The smallest absolute Gasteiger partial charge is 0.411 e. The number of ether oxygens (including phenoxy) is 6. The van der Waals surface area contributed by atoms with Gasteiger partial charge in [-0.05, 0) is 169 Å². The van der Waals surface area contributed by atoms with Gasteiger partial charge in [0.2, 0.25) is 0 Å². The van der Waals surface area contributed by atoms with E-state index < -0.39 is 12.2 Å². The van der Waals surface area contributed by atoms with Crippen LogP contribution in [0.1, 0.15) is 184 Å². The summed E-state index contributed by atoms with van der Waals surface area (Å²) in [4.78, 5) is 58.2. The zero-order valence-electron chi connectivity index (χ0n) is 52.5. The first-order valence-corrected chi connectivity index (χ1v) is 31.9. The Bertz CT molecular complexity index is 2670. The quantitative estimate of drug-likeness (QED) is 0.0126. The van der Waals surface area contributed by atoms with Crippen LogP contribution in [0.15, 0.2) is 137 Å². The van der Waals surface area contributed by atoms with Crippen molar-refractivity contribution in [1.82, 2.24) is 0 Å². The Kier molecular flexibility index (Phi) is 34.3. The highest BCUT2D eigenvalue weighted by atomic mass is 16.6. The van der Waals surface area contributed by atoms with E-state index in [1.165, 1.54) is 50.7 Å². The SMILES string of the molecule is CC[C@H](C)COC(=O)/C=C/c1ccc(N=Cc2ccc(OCCCCCCCCCCCOC(=O)Nc3cccc(NC(=O)OCCCCCCCCCCCOc4ccc(C=Nc5ccc(/C=C/C(=O)OC[C@@H](C)CC)cc5)cc4)c3C)cc2)cc1. The highest BCUT2D eigenvalue weighted by Crippen LogP contribution is 2.25. The molecule has 0 saturated carbocycles. The summed E-state index contributed by atoms with van der Waals surface area (Å²) < 4.78 is 33.4. The van der Waals surface area contributed by atoms with Crippen LogP contribution in [-0.2, 0) is 28.5 Å². The summed E-state index contributed by atoms with van der Waals surface area (Å²) in [7, 11) is 0. The normalized spacial score (nSPS) is 12.1. The summed E-state index contributed by atoms with van der Waals surface area (Å²) in [5.41, 5.74) is 7.31. The summed E-state index contributed by atoms with van der Waals surface area (Å²) in [5, 5.41) is 5.64. The van der Waals surface area contributed by atoms with E-state index in [9.17, 15) is 19.2 Å². The third kappa shape index (κ3) is 31.3. The topological polar surface area (TPSA) is 172 Å². The average Bonchev–Trinajstić information content (AvgIpc) is 3.70. The molecule has 0 radical (unpaired) electrons. The molecule has 0 aliphatic heterocycles. The number of nitrogens with one attached hydrogen (secondary N) is 2. The molecule has 0 aromatic heterocycles. The maximum atomic E-state index is 12.6. The maximum absolute atomic E-state index is 12.6. The Morgan fingerprint density at radius 2 is 0.736 bits per heavy atom. The van der Waals surface area contributed by atoms with E-state index in [0.717, 1.165) is 141 Å². The molecule has 87 heavy (non-hydrogen) atoms. The Morgan fingerprint density at radius 3 is 1.08 bits per heavy atom. The number of nitrogens with zero attached hydrogens (tertiary/aromatic N) is 2. The lowest BCUT2D eigenvalue weighted by atomic mass is 10.1. The van der Waals surface area contributed by atoms with E-state index in [1.807, 2.05) is 116 Å². The lowest BCUT2D eigenvalue weighted by Gasteiger charge is -2.14. The first-order valence-electron chi connectivity index (χ1n) is 31.9. The predicted octanol–water partition coefficient (Wildman–Crippen LogP) is 19.0. The van der Waals surface area contributed by atoms with Crippen LogP contribution in [0.25, 0.3) is 12.2 Å². The Morgan fingerprint density at radius 1 is 0.414 bits per heavy atom. The van der Waals surface area contributed by atoms with Gasteiger partial charge in [0.05, 0.1) is 51.0 Å². The Balaban J connectivity index is 0.783. The third-order valence-corrected chi connectivity index (χ3v) is 14.9. The standard InChI is InChI=1S/C73H96N4O10/c1-6-57(3)55-86-70(78)47-37-60-29-39-64(40-30-60)74-53-62-33-43-66(44-34-62)82-49-22-18-14-10-8-12-16-20-24-51-84-72(80)76-68-27-26-28-69(59(68)5)77-73(81)85-52-25-21-17-13-9-11-15-19-23-50-83-67-45-35-63(36-46-67)54-75-65-41-31-61(32-42-65)38-48-71(79)87-56-58(4)7-2/h26-48,53-54,57-58H,6-25,49-52,55-56H2,1-5H3,(H,76,80)(H,77,81)/b47-37+,48-38+,74-53?,75-54?/t57-,58-/m0/s1. The number of aliphatic imine (C=N–C) groups is 2. The van der Waals surface area contributed by atoms with Crippen molar-refractivity contribution in [3.8, 4) is 11.5 Å². The first-order chi connectivity index (χ1) is 42.5. The van der Waals surface area contributed by atoms with Crippen molar-refractivity contribution in [3.05, 3.63) is 155 Å². The van der Waals surface area contributed by atoms with E-state index in [4.69, 9.17) is 28.4 Å². The van der Waals surface area contributed by atoms with E-state index in [0.29, 0.717) is 62.9 Å². The molecule has 0 fully saturated rings. The predicted molar refractivity (Wildman–Crippen MR) is 354 cm³/mol. The monoisotopic (exact) mass is 1190 g/mol. The van der Waals surface area contributed by atoms with E-state index in [1.54, 1.807) is 30.4 Å². The molecule has 2 N–H and O–H groups in total. The van der Waals surface area contributed by atoms with Gasteiger partial charge in [-0.1, -0.05) is 161 Å². The van der Waals surface area contributed by atoms with Gasteiger partial charge in [0.25, 0.3) is 0 Å². The van der Waals surface area contributed by atoms with Crippen molar-refractivity contribution >= 4 is 71.5 Å². The molecule has 5 aromatic carbocycles. The van der Waals surface area contributed by atoms with Gasteiger partial charge in [0, 0.05) is 36.0 Å². The van der Waals surface area contributed by atoms with Crippen LogP contribution in [-0.4, -0.2) is 76.2 Å². The molecule has 0 bridgehead atoms. The number of carbonyl (C=O) groups excluding carboxylic acids is 4. The molecule has 0 aliphatic carbocycles. The average molecular weight is 1190 g/mol. The van der Waals surface area contributed by atoms with Crippen LogP contribution < -0.4 is 20.1 Å². The molecular weight excluding hydrogens is 1090 g/mol. The van der Waals surface area contributed by atoms with E-state index in [2.05, 4.69) is 48.3 Å². The van der Waals surface area contributed by atoms with Crippen molar-refractivity contribution < 1.29 is 47.6 Å². The lowest BCUT2D eigenvalue weighted by Crippen LogP contribution is -2.17. The number of amides is 2. The van der Waals surface area contributed by atoms with Crippen LogP contribution in [0.4, 0.5) is 32.3 Å². The molecule has 0 unspecified atom stereocenters. The molecule has 5 aromatic rings. The molecule has 5 rings (SSSR count). The first kappa shape index (κ1) is 69.8. The van der Waals surface area contributed by atoms with Crippen molar-refractivity contribution in [1.29, 1.82) is 0 Å². The fourth-order valence-electron chi connectivity index (χ4n) is 8.84. The van der Waals surface area contributed by atoms with Crippen molar-refractivity contribution in [2.75, 3.05) is 50.3 Å². The fourth-order valence-corrected chi connectivity index (χ4v) is 8.84. The van der Waals surface area contributed by atoms with E-state index in [-0.39, 0.29) is 11.9 Å². The number of unbranched alkanes of at least 4 members (excludes halogenated alkanes) is 16. The number of rotatable bonds is 42. The number of esters is 2. The Hall–Kier alpha value is -8.00. The summed E-state index contributed by atoms with van der Waals surface area (Å²) >= 11 is 0. The van der Waals surface area contributed by atoms with E-state index >= 15 is 0 Å². The molecule has 0 spiro atoms. The largest absolute Gasteiger partial charge is 0.494 e. The van der Waals surface area contributed by atoms with Gasteiger partial charge in [-0.15, -0.1) is 0 Å². The van der Waals surface area contributed by atoms with Gasteiger partial charge in [0.15, 0.2) is 0 Å². The van der Waals surface area contributed by atoms with Gasteiger partial charge in [0.1, 0.15) is 11.5 Å². The minimum absolute atomic E-state index is 0.329. The number of carbonyl (C=O) groups is 4. The summed E-state index contributed by atoms with van der Waals surface area (Å²) in [6, 6.07) is 36.6. The van der Waals surface area contributed by atoms with Crippen molar-refractivity contribution in [2.45, 2.75) is 163 Å². The Labute approximate surface area is 518 Å². The highest BCUT2D eigenvalue weighted by molar-refractivity contribution is 5.91. The minimum Gasteiger partial charge on any atom is -0.494 e. The molecular formula is C73H96N4O10. The molecule has 2 atom stereocenters. The third-order valence-electron chi connectivity index (χ3n) is 14.9. The summed E-state index contributed by atoms with van der Waals surface area (Å²) in [5.74, 6) is 1.75. The van der Waals surface area contributed by atoms with Crippen LogP contribution in [0.2, 0.25) is 0 Å². The second kappa shape index (κ2) is 42.8. The molecule has 14 heteroatoms. The highest BCUT2D eigenvalue weighted by Gasteiger charge is 2.12. The number of hydrogen-bond acceptors (Lipinski definition) is 12. The fraction of sp³-hybridized carbons (Fsp3) is 0.452. The molecule has 2 amide bonds. The van der Waals surface area contributed by atoms with Crippen LogP contribution >= 0.6 is 0 Å². The summed E-state index contributed by atoms with van der Waals surface area (Å²) in [6.45, 7) is 13.1. The van der Waals surface area contributed by atoms with Gasteiger partial charge in [-0.2, -0.15) is 0 Å². The second-order valence-corrected chi connectivity index (χ2v) is 22.4. The van der Waals surface area contributed by atoms with Gasteiger partial charge >= 0.3 is 24.1 Å². The molecule has 0 heterocycles. The molecule has 0 saturated heterocycles. The minimum atomic E-state index is -0.510. The van der Waals surface area contributed by atoms with Crippen LogP contribution in [0.5, 0.6) is 11.5 Å². The van der Waals surface area contributed by atoms with Gasteiger partial charge in [-0.25, -0.2) is 19.2 Å². The number of hydrogen-bond donors (Lipinski definition) is 2. The van der Waals surface area contributed by atoms with Gasteiger partial charge in [-0.3, -0.25) is 20.6 Å². The number of benzene rings is 5. The number of anilines is 2. The molecule has 14 nitrogen and oxygen atoms in total. The molecule has 0 aliphatic rings. The van der Waals surface area contributed by atoms with Gasteiger partial charge < -0.3 is 28.4 Å². The van der Waals surface area contributed by atoms with Crippen molar-refractivity contribution in [2.24, 2.45) is 21.8 Å².